The van der Waals surface area contributed by atoms with Crippen LogP contribution in [0.2, 0.25) is 5.02 Å². The van der Waals surface area contributed by atoms with E-state index in [1.54, 1.807) is 12.1 Å². The molecule has 114 valence electrons. The number of morpholine rings is 1. The molecule has 2 amide bonds. The third-order valence-corrected chi connectivity index (χ3v) is 3.28. The average molecular weight is 312 g/mol. The lowest BCUT2D eigenvalue weighted by atomic mass is 10.1. The molecule has 0 aliphatic carbocycles. The molecule has 1 unspecified atom stereocenters. The van der Waals surface area contributed by atoms with E-state index in [-0.39, 0.29) is 11.8 Å². The summed E-state index contributed by atoms with van der Waals surface area (Å²) in [4.78, 5) is 24.2. The van der Waals surface area contributed by atoms with Gasteiger partial charge < -0.3 is 20.7 Å². The van der Waals surface area contributed by atoms with E-state index in [2.05, 4.69) is 16.0 Å². The maximum atomic E-state index is 12.1. The fourth-order valence-corrected chi connectivity index (χ4v) is 2.19. The Morgan fingerprint density at radius 2 is 2.29 bits per heavy atom. The number of hydrogen-bond donors (Lipinski definition) is 3. The van der Waals surface area contributed by atoms with Crippen molar-refractivity contribution in [2.24, 2.45) is 0 Å². The molecule has 1 heterocycles. The second-order valence-electron chi connectivity index (χ2n) is 4.60. The SMILES string of the molecule is CCNC(=O)c1cc(Cl)ccc1NC(=O)C1CNCCO1. The normalized spacial score (nSPS) is 18.1. The van der Waals surface area contributed by atoms with Gasteiger partial charge in [-0.05, 0) is 25.1 Å². The summed E-state index contributed by atoms with van der Waals surface area (Å²) in [5.41, 5.74) is 0.756. The van der Waals surface area contributed by atoms with Crippen LogP contribution in [-0.2, 0) is 9.53 Å². The van der Waals surface area contributed by atoms with Crippen LogP contribution in [0.4, 0.5) is 5.69 Å². The lowest BCUT2D eigenvalue weighted by Crippen LogP contribution is -2.45. The van der Waals surface area contributed by atoms with E-state index >= 15 is 0 Å². The van der Waals surface area contributed by atoms with Gasteiger partial charge >= 0.3 is 0 Å². The lowest BCUT2D eigenvalue weighted by molar-refractivity contribution is -0.128. The van der Waals surface area contributed by atoms with Gasteiger partial charge in [0.25, 0.3) is 11.8 Å². The van der Waals surface area contributed by atoms with E-state index in [1.165, 1.54) is 6.07 Å². The molecule has 6 nitrogen and oxygen atoms in total. The van der Waals surface area contributed by atoms with Crippen molar-refractivity contribution in [3.05, 3.63) is 28.8 Å². The number of benzene rings is 1. The lowest BCUT2D eigenvalue weighted by Gasteiger charge is -2.23. The number of ether oxygens (including phenoxy) is 1. The first-order chi connectivity index (χ1) is 10.1. The minimum atomic E-state index is -0.559. The summed E-state index contributed by atoms with van der Waals surface area (Å²) < 4.78 is 5.38. The zero-order valence-corrected chi connectivity index (χ0v) is 12.5. The Bertz CT molecular complexity index is 530. The van der Waals surface area contributed by atoms with E-state index in [9.17, 15) is 9.59 Å². The topological polar surface area (TPSA) is 79.5 Å². The smallest absolute Gasteiger partial charge is 0.254 e. The van der Waals surface area contributed by atoms with Crippen LogP contribution in [-0.4, -0.2) is 44.2 Å². The molecule has 1 aromatic carbocycles. The Balaban J connectivity index is 2.14. The van der Waals surface area contributed by atoms with Gasteiger partial charge in [-0.15, -0.1) is 0 Å². The van der Waals surface area contributed by atoms with Crippen molar-refractivity contribution < 1.29 is 14.3 Å². The van der Waals surface area contributed by atoms with Crippen molar-refractivity contribution in [1.29, 1.82) is 0 Å². The summed E-state index contributed by atoms with van der Waals surface area (Å²) in [5, 5.41) is 8.93. The summed E-state index contributed by atoms with van der Waals surface area (Å²) >= 11 is 5.92. The van der Waals surface area contributed by atoms with Crippen LogP contribution < -0.4 is 16.0 Å². The van der Waals surface area contributed by atoms with Crippen LogP contribution in [0.3, 0.4) is 0 Å². The van der Waals surface area contributed by atoms with E-state index in [0.29, 0.717) is 36.0 Å². The first-order valence-corrected chi connectivity index (χ1v) is 7.20. The van der Waals surface area contributed by atoms with Crippen LogP contribution >= 0.6 is 11.6 Å². The molecule has 0 radical (unpaired) electrons. The summed E-state index contributed by atoms with van der Waals surface area (Å²) in [6.45, 7) is 3.99. The number of carbonyl (C=O) groups is 2. The summed E-state index contributed by atoms with van der Waals surface area (Å²) in [6.07, 6.45) is -0.559. The molecule has 1 aromatic rings. The van der Waals surface area contributed by atoms with Crippen molar-refractivity contribution in [3.63, 3.8) is 0 Å². The monoisotopic (exact) mass is 311 g/mol. The highest BCUT2D eigenvalue weighted by Gasteiger charge is 2.23. The van der Waals surface area contributed by atoms with Crippen LogP contribution in [0.1, 0.15) is 17.3 Å². The van der Waals surface area contributed by atoms with Gasteiger partial charge in [-0.1, -0.05) is 11.6 Å². The largest absolute Gasteiger partial charge is 0.366 e. The maximum absolute atomic E-state index is 12.1. The second kappa shape index (κ2) is 7.40. The Labute approximate surface area is 128 Å². The third kappa shape index (κ3) is 4.17. The minimum Gasteiger partial charge on any atom is -0.366 e. The fourth-order valence-electron chi connectivity index (χ4n) is 2.02. The number of hydrogen-bond acceptors (Lipinski definition) is 4. The van der Waals surface area contributed by atoms with Crippen molar-refractivity contribution in [1.82, 2.24) is 10.6 Å². The highest BCUT2D eigenvalue weighted by molar-refractivity contribution is 6.31. The molecular weight excluding hydrogens is 294 g/mol. The van der Waals surface area contributed by atoms with Gasteiger partial charge in [0, 0.05) is 24.7 Å². The fraction of sp³-hybridized carbons (Fsp3) is 0.429. The summed E-state index contributed by atoms with van der Waals surface area (Å²) in [6, 6.07) is 4.77. The number of carbonyl (C=O) groups excluding carboxylic acids is 2. The maximum Gasteiger partial charge on any atom is 0.254 e. The molecule has 2 rings (SSSR count). The summed E-state index contributed by atoms with van der Waals surface area (Å²) in [7, 11) is 0. The number of nitrogens with one attached hydrogen (secondary N) is 3. The van der Waals surface area contributed by atoms with E-state index in [4.69, 9.17) is 16.3 Å². The number of halogens is 1. The van der Waals surface area contributed by atoms with Crippen molar-refractivity contribution in [3.8, 4) is 0 Å². The van der Waals surface area contributed by atoms with Gasteiger partial charge in [-0.2, -0.15) is 0 Å². The first-order valence-electron chi connectivity index (χ1n) is 6.82. The van der Waals surface area contributed by atoms with Crippen LogP contribution in [0, 0.1) is 0 Å². The second-order valence-corrected chi connectivity index (χ2v) is 5.04. The molecule has 7 heteroatoms. The zero-order valence-electron chi connectivity index (χ0n) is 11.7. The molecule has 0 bridgehead atoms. The Morgan fingerprint density at radius 3 is 2.95 bits per heavy atom. The van der Waals surface area contributed by atoms with Crippen molar-refractivity contribution in [2.45, 2.75) is 13.0 Å². The molecular formula is C14H18ClN3O3. The van der Waals surface area contributed by atoms with Gasteiger partial charge in [-0.25, -0.2) is 0 Å². The highest BCUT2D eigenvalue weighted by atomic mass is 35.5. The molecule has 0 saturated carbocycles. The molecule has 1 atom stereocenters. The van der Waals surface area contributed by atoms with Crippen molar-refractivity contribution >= 4 is 29.1 Å². The molecule has 3 N–H and O–H groups in total. The molecule has 0 aromatic heterocycles. The Morgan fingerprint density at radius 1 is 1.48 bits per heavy atom. The first kappa shape index (κ1) is 15.8. The standard InChI is InChI=1S/C14H18ClN3O3/c1-2-17-13(19)10-7-9(15)3-4-11(10)18-14(20)12-8-16-5-6-21-12/h3-4,7,12,16H,2,5-6,8H2,1H3,(H,17,19)(H,18,20). The van der Waals surface area contributed by atoms with E-state index < -0.39 is 6.10 Å². The quantitative estimate of drug-likeness (QED) is 0.775. The number of anilines is 1. The molecule has 1 saturated heterocycles. The predicted molar refractivity (Wildman–Crippen MR) is 80.7 cm³/mol. The molecule has 1 aliphatic rings. The molecule has 0 spiro atoms. The van der Waals surface area contributed by atoms with Crippen molar-refractivity contribution in [2.75, 3.05) is 31.6 Å². The Hall–Kier alpha value is -1.63. The van der Waals surface area contributed by atoms with Crippen LogP contribution in [0.5, 0.6) is 0 Å². The van der Waals surface area contributed by atoms with Gasteiger partial charge in [0.1, 0.15) is 6.10 Å². The van der Waals surface area contributed by atoms with Gasteiger partial charge in [0.15, 0.2) is 0 Å². The van der Waals surface area contributed by atoms with E-state index in [0.717, 1.165) is 6.54 Å². The minimum absolute atomic E-state index is 0.280. The van der Waals surface area contributed by atoms with Crippen LogP contribution in [0.25, 0.3) is 0 Å². The number of rotatable bonds is 4. The predicted octanol–water partition coefficient (Wildman–Crippen LogP) is 1.02. The Kier molecular flexibility index (Phi) is 5.55. The third-order valence-electron chi connectivity index (χ3n) is 3.04. The molecule has 1 fully saturated rings. The zero-order chi connectivity index (χ0) is 15.2. The highest BCUT2D eigenvalue weighted by Crippen LogP contribution is 2.21. The van der Waals surface area contributed by atoms with E-state index in [1.807, 2.05) is 6.92 Å². The van der Waals surface area contributed by atoms with Gasteiger partial charge in [-0.3, -0.25) is 9.59 Å². The molecule has 1 aliphatic heterocycles. The van der Waals surface area contributed by atoms with Gasteiger partial charge in [0.2, 0.25) is 0 Å². The van der Waals surface area contributed by atoms with Gasteiger partial charge in [0.05, 0.1) is 17.9 Å². The number of amides is 2. The van der Waals surface area contributed by atoms with Crippen LogP contribution in [0.15, 0.2) is 18.2 Å². The molecule has 21 heavy (non-hydrogen) atoms. The summed E-state index contributed by atoms with van der Waals surface area (Å²) in [5.74, 6) is -0.562. The average Bonchev–Trinajstić information content (AvgIpc) is 2.50.